The van der Waals surface area contributed by atoms with Crippen LogP contribution in [0.3, 0.4) is 0 Å². The maximum atomic E-state index is 11.8. The molecule has 0 aliphatic carbocycles. The van der Waals surface area contributed by atoms with E-state index in [1.807, 2.05) is 6.92 Å². The van der Waals surface area contributed by atoms with Crippen molar-refractivity contribution in [3.05, 3.63) is 23.0 Å². The molecule has 0 unspecified atom stereocenters. The smallest absolute Gasteiger partial charge is 0.276 e. The highest BCUT2D eigenvalue weighted by Crippen LogP contribution is 2.26. The number of carbonyl (C=O) groups is 1. The first-order chi connectivity index (χ1) is 7.11. The van der Waals surface area contributed by atoms with Gasteiger partial charge in [0.05, 0.1) is 12.1 Å². The summed E-state index contributed by atoms with van der Waals surface area (Å²) < 4.78 is 5.05. The average molecular weight is 229 g/mol. The first kappa shape index (κ1) is 11.8. The summed E-state index contributed by atoms with van der Waals surface area (Å²) in [5, 5.41) is 0.389. The monoisotopic (exact) mass is 228 g/mol. The minimum Gasteiger partial charge on any atom is -0.493 e. The van der Waals surface area contributed by atoms with Crippen LogP contribution in [0.4, 0.5) is 0 Å². The minimum absolute atomic E-state index is 0.197. The van der Waals surface area contributed by atoms with Crippen LogP contribution in [0.2, 0.25) is 5.02 Å². The number of hydrogen-bond acceptors (Lipinski definition) is 3. The quantitative estimate of drug-likeness (QED) is 0.793. The second kappa shape index (κ2) is 4.98. The van der Waals surface area contributed by atoms with Crippen LogP contribution in [0, 0.1) is 0 Å². The third kappa shape index (κ3) is 2.39. The summed E-state index contributed by atoms with van der Waals surface area (Å²) in [6.07, 6.45) is 1.49. The average Bonchev–Trinajstić information content (AvgIpc) is 2.26. The van der Waals surface area contributed by atoms with Crippen molar-refractivity contribution in [2.75, 3.05) is 20.7 Å². The van der Waals surface area contributed by atoms with Crippen LogP contribution in [0.5, 0.6) is 5.75 Å². The summed E-state index contributed by atoms with van der Waals surface area (Å²) in [6, 6.07) is 1.59. The first-order valence-corrected chi connectivity index (χ1v) is 4.93. The van der Waals surface area contributed by atoms with Gasteiger partial charge < -0.3 is 9.64 Å². The fourth-order valence-electron chi connectivity index (χ4n) is 1.10. The summed E-state index contributed by atoms with van der Waals surface area (Å²) >= 11 is 5.89. The molecule has 1 amide bonds. The molecule has 1 heterocycles. The number of nitrogens with zero attached hydrogens (tertiary/aromatic N) is 2. The topological polar surface area (TPSA) is 42.4 Å². The van der Waals surface area contributed by atoms with E-state index in [0.717, 1.165) is 0 Å². The molecular weight excluding hydrogens is 216 g/mol. The van der Waals surface area contributed by atoms with Gasteiger partial charge in [-0.1, -0.05) is 11.6 Å². The van der Waals surface area contributed by atoms with E-state index >= 15 is 0 Å². The summed E-state index contributed by atoms with van der Waals surface area (Å²) in [7, 11) is 3.16. The first-order valence-electron chi connectivity index (χ1n) is 4.55. The van der Waals surface area contributed by atoms with Gasteiger partial charge in [-0.25, -0.2) is 4.98 Å². The van der Waals surface area contributed by atoms with Crippen LogP contribution in [0.25, 0.3) is 0 Å². The van der Waals surface area contributed by atoms with Crippen molar-refractivity contribution in [1.82, 2.24) is 9.88 Å². The van der Waals surface area contributed by atoms with Crippen molar-refractivity contribution in [1.29, 1.82) is 0 Å². The van der Waals surface area contributed by atoms with Gasteiger partial charge in [0.2, 0.25) is 0 Å². The Balaban J connectivity index is 3.13. The zero-order valence-corrected chi connectivity index (χ0v) is 9.71. The number of amides is 1. The molecule has 0 aliphatic heterocycles. The molecule has 0 saturated carbocycles. The molecule has 0 N–H and O–H groups in total. The van der Waals surface area contributed by atoms with E-state index in [2.05, 4.69) is 4.98 Å². The highest BCUT2D eigenvalue weighted by Gasteiger charge is 2.19. The Morgan fingerprint density at radius 1 is 1.67 bits per heavy atom. The van der Waals surface area contributed by atoms with E-state index < -0.39 is 0 Å². The largest absolute Gasteiger partial charge is 0.493 e. The molecule has 0 aliphatic rings. The minimum atomic E-state index is -0.197. The Kier molecular flexibility index (Phi) is 3.91. The third-order valence-electron chi connectivity index (χ3n) is 2.08. The molecule has 15 heavy (non-hydrogen) atoms. The molecule has 0 aromatic carbocycles. The highest BCUT2D eigenvalue weighted by atomic mass is 35.5. The molecule has 1 rings (SSSR count). The van der Waals surface area contributed by atoms with Crippen molar-refractivity contribution in [2.45, 2.75) is 6.92 Å². The molecule has 5 heteroatoms. The second-order valence-electron chi connectivity index (χ2n) is 2.99. The lowest BCUT2D eigenvalue weighted by Crippen LogP contribution is -2.27. The summed E-state index contributed by atoms with van der Waals surface area (Å²) in [6.45, 7) is 2.49. The fraction of sp³-hybridized carbons (Fsp3) is 0.400. The zero-order chi connectivity index (χ0) is 11.4. The van der Waals surface area contributed by atoms with Gasteiger partial charge in [-0.2, -0.15) is 0 Å². The van der Waals surface area contributed by atoms with E-state index in [9.17, 15) is 4.79 Å². The maximum Gasteiger partial charge on any atom is 0.276 e. The molecule has 0 radical (unpaired) electrons. The number of pyridine rings is 1. The Labute approximate surface area is 93.8 Å². The number of halogens is 1. The Bertz CT molecular complexity index is 368. The van der Waals surface area contributed by atoms with Gasteiger partial charge >= 0.3 is 0 Å². The zero-order valence-electron chi connectivity index (χ0n) is 8.95. The lowest BCUT2D eigenvalue weighted by molar-refractivity contribution is 0.0793. The van der Waals surface area contributed by atoms with Crippen LogP contribution in [0.1, 0.15) is 17.4 Å². The molecule has 4 nitrogen and oxygen atoms in total. The van der Waals surface area contributed by atoms with Gasteiger partial charge in [0, 0.05) is 19.8 Å². The summed E-state index contributed by atoms with van der Waals surface area (Å²) in [4.78, 5) is 17.4. The van der Waals surface area contributed by atoms with Gasteiger partial charge in [-0.3, -0.25) is 4.79 Å². The fourth-order valence-corrected chi connectivity index (χ4v) is 1.32. The van der Waals surface area contributed by atoms with Crippen LogP contribution >= 0.6 is 11.6 Å². The molecule has 0 atom stereocenters. The Morgan fingerprint density at radius 2 is 2.33 bits per heavy atom. The van der Waals surface area contributed by atoms with Crippen molar-refractivity contribution in [2.24, 2.45) is 0 Å². The molecule has 0 spiro atoms. The SMILES string of the molecule is CCN(C)C(=O)c1nccc(Cl)c1OC. The number of rotatable bonds is 3. The number of aromatic nitrogens is 1. The van der Waals surface area contributed by atoms with Crippen molar-refractivity contribution in [3.63, 3.8) is 0 Å². The van der Waals surface area contributed by atoms with Crippen LogP contribution in [-0.4, -0.2) is 36.5 Å². The van der Waals surface area contributed by atoms with Gasteiger partial charge in [0.1, 0.15) is 0 Å². The lowest BCUT2D eigenvalue weighted by Gasteiger charge is -2.15. The van der Waals surface area contributed by atoms with Crippen molar-refractivity contribution in [3.8, 4) is 5.75 Å². The summed E-state index contributed by atoms with van der Waals surface area (Å²) in [5.74, 6) is 0.126. The second-order valence-corrected chi connectivity index (χ2v) is 3.40. The van der Waals surface area contributed by atoms with Crippen LogP contribution in [-0.2, 0) is 0 Å². The van der Waals surface area contributed by atoms with E-state index in [1.54, 1.807) is 18.0 Å². The van der Waals surface area contributed by atoms with Crippen LogP contribution < -0.4 is 4.74 Å². The Morgan fingerprint density at radius 3 is 2.87 bits per heavy atom. The lowest BCUT2D eigenvalue weighted by atomic mass is 10.3. The van der Waals surface area contributed by atoms with E-state index in [0.29, 0.717) is 17.3 Å². The number of ether oxygens (including phenoxy) is 1. The molecule has 1 aromatic rings. The van der Waals surface area contributed by atoms with Gasteiger partial charge in [0.15, 0.2) is 11.4 Å². The third-order valence-corrected chi connectivity index (χ3v) is 2.38. The van der Waals surface area contributed by atoms with Gasteiger partial charge in [-0.05, 0) is 13.0 Å². The van der Waals surface area contributed by atoms with Gasteiger partial charge in [-0.15, -0.1) is 0 Å². The van der Waals surface area contributed by atoms with E-state index in [4.69, 9.17) is 16.3 Å². The number of carbonyl (C=O) groups excluding carboxylic acids is 1. The van der Waals surface area contributed by atoms with E-state index in [-0.39, 0.29) is 11.6 Å². The highest BCUT2D eigenvalue weighted by molar-refractivity contribution is 6.32. The Hall–Kier alpha value is -1.29. The summed E-state index contributed by atoms with van der Waals surface area (Å²) in [5.41, 5.74) is 0.245. The molecule has 0 bridgehead atoms. The molecule has 0 fully saturated rings. The molecular formula is C10H13ClN2O2. The van der Waals surface area contributed by atoms with Gasteiger partial charge in [0.25, 0.3) is 5.91 Å². The normalized spacial score (nSPS) is 9.87. The van der Waals surface area contributed by atoms with Crippen LogP contribution in [0.15, 0.2) is 12.3 Å². The van der Waals surface area contributed by atoms with E-state index in [1.165, 1.54) is 13.3 Å². The molecule has 82 valence electrons. The van der Waals surface area contributed by atoms with Crippen molar-refractivity contribution < 1.29 is 9.53 Å². The molecule has 0 saturated heterocycles. The predicted molar refractivity (Wildman–Crippen MR) is 58.4 cm³/mol. The number of hydrogen-bond donors (Lipinski definition) is 0. The standard InChI is InChI=1S/C10H13ClN2O2/c1-4-13(2)10(14)8-9(15-3)7(11)5-6-12-8/h5-6H,4H2,1-3H3. The maximum absolute atomic E-state index is 11.8. The number of methoxy groups -OCH3 is 1. The predicted octanol–water partition coefficient (Wildman–Crippen LogP) is 1.84. The van der Waals surface area contributed by atoms with Crippen molar-refractivity contribution >= 4 is 17.5 Å². The molecule has 1 aromatic heterocycles.